The lowest BCUT2D eigenvalue weighted by atomic mass is 10.0. The Morgan fingerprint density at radius 2 is 2.14 bits per heavy atom. The predicted octanol–water partition coefficient (Wildman–Crippen LogP) is 2.53. The average Bonchev–Trinajstić information content (AvgIpc) is 2.91. The van der Waals surface area contributed by atoms with Crippen LogP contribution in [-0.2, 0) is 11.2 Å². The van der Waals surface area contributed by atoms with Crippen molar-refractivity contribution in [2.24, 2.45) is 0 Å². The Morgan fingerprint density at radius 3 is 2.90 bits per heavy atom. The molecule has 0 saturated carbocycles. The first-order valence-electron chi connectivity index (χ1n) is 7.37. The molecular formula is C16H23NO4. The first kappa shape index (κ1) is 15.6. The van der Waals surface area contributed by atoms with Gasteiger partial charge >= 0.3 is 5.97 Å². The van der Waals surface area contributed by atoms with E-state index in [9.17, 15) is 4.79 Å². The van der Waals surface area contributed by atoms with Crippen LogP contribution in [0.2, 0.25) is 0 Å². The fourth-order valence-electron chi connectivity index (χ4n) is 2.39. The summed E-state index contributed by atoms with van der Waals surface area (Å²) in [6.45, 7) is 3.30. The molecule has 1 heterocycles. The number of fused-ring (bicyclic) bond motifs is 1. The molecule has 1 aromatic rings. The third-order valence-electron chi connectivity index (χ3n) is 3.94. The number of nitrogens with zero attached hydrogens (tertiary/aromatic N) is 1. The molecule has 0 fully saturated rings. The van der Waals surface area contributed by atoms with E-state index in [0.29, 0.717) is 19.3 Å². The van der Waals surface area contributed by atoms with Gasteiger partial charge in [-0.05, 0) is 57.5 Å². The van der Waals surface area contributed by atoms with Crippen LogP contribution in [0, 0.1) is 0 Å². The van der Waals surface area contributed by atoms with E-state index in [1.807, 2.05) is 19.2 Å². The van der Waals surface area contributed by atoms with E-state index in [-0.39, 0.29) is 6.42 Å². The van der Waals surface area contributed by atoms with E-state index in [4.69, 9.17) is 14.6 Å². The number of aliphatic carboxylic acids is 1. The molecule has 1 N–H and O–H groups in total. The van der Waals surface area contributed by atoms with E-state index in [1.165, 1.54) is 5.56 Å². The Hall–Kier alpha value is -1.75. The minimum Gasteiger partial charge on any atom is -0.481 e. The van der Waals surface area contributed by atoms with Gasteiger partial charge < -0.3 is 19.5 Å². The van der Waals surface area contributed by atoms with Gasteiger partial charge in [-0.25, -0.2) is 0 Å². The van der Waals surface area contributed by atoms with Gasteiger partial charge in [0.15, 0.2) is 11.5 Å². The summed E-state index contributed by atoms with van der Waals surface area (Å²) in [5, 5.41) is 8.65. The van der Waals surface area contributed by atoms with E-state index < -0.39 is 5.97 Å². The Kier molecular flexibility index (Phi) is 5.44. The smallest absolute Gasteiger partial charge is 0.303 e. The second-order valence-corrected chi connectivity index (χ2v) is 5.55. The molecule has 1 unspecified atom stereocenters. The van der Waals surface area contributed by atoms with Crippen LogP contribution in [0.3, 0.4) is 0 Å². The zero-order valence-electron chi connectivity index (χ0n) is 12.7. The summed E-state index contributed by atoms with van der Waals surface area (Å²) in [5.41, 5.74) is 1.24. The Morgan fingerprint density at radius 1 is 1.38 bits per heavy atom. The summed E-state index contributed by atoms with van der Waals surface area (Å²) in [6, 6.07) is 6.49. The zero-order valence-corrected chi connectivity index (χ0v) is 12.7. The summed E-state index contributed by atoms with van der Waals surface area (Å²) in [6.07, 6.45) is 2.93. The van der Waals surface area contributed by atoms with Crippen molar-refractivity contribution >= 4 is 5.97 Å². The van der Waals surface area contributed by atoms with Gasteiger partial charge in [0.1, 0.15) is 0 Å². The van der Waals surface area contributed by atoms with Gasteiger partial charge in [-0.1, -0.05) is 6.07 Å². The fourth-order valence-corrected chi connectivity index (χ4v) is 2.39. The molecule has 0 bridgehead atoms. The van der Waals surface area contributed by atoms with Crippen molar-refractivity contribution in [1.29, 1.82) is 0 Å². The van der Waals surface area contributed by atoms with Crippen molar-refractivity contribution in [3.63, 3.8) is 0 Å². The first-order valence-corrected chi connectivity index (χ1v) is 7.37. The van der Waals surface area contributed by atoms with Crippen LogP contribution in [0.25, 0.3) is 0 Å². The summed E-state index contributed by atoms with van der Waals surface area (Å²) >= 11 is 0. The summed E-state index contributed by atoms with van der Waals surface area (Å²) in [5.74, 6) is 0.920. The molecule has 0 aliphatic carbocycles. The van der Waals surface area contributed by atoms with Crippen LogP contribution in [0.15, 0.2) is 18.2 Å². The highest BCUT2D eigenvalue weighted by molar-refractivity contribution is 5.66. The molecule has 2 rings (SSSR count). The van der Waals surface area contributed by atoms with Crippen molar-refractivity contribution in [2.45, 2.75) is 38.6 Å². The highest BCUT2D eigenvalue weighted by atomic mass is 16.7. The van der Waals surface area contributed by atoms with Crippen molar-refractivity contribution in [3.8, 4) is 11.5 Å². The molecule has 1 atom stereocenters. The monoisotopic (exact) mass is 293 g/mol. The van der Waals surface area contributed by atoms with Gasteiger partial charge in [0, 0.05) is 12.5 Å². The molecule has 116 valence electrons. The van der Waals surface area contributed by atoms with Crippen LogP contribution in [0.1, 0.15) is 31.7 Å². The standard InChI is InChI=1S/C16H23NO4/c1-12(17(2)9-3-4-16(18)19)5-6-13-7-8-14-15(10-13)21-11-20-14/h7-8,10,12H,3-6,9,11H2,1-2H3,(H,18,19). The van der Waals surface area contributed by atoms with Crippen LogP contribution in [-0.4, -0.2) is 42.4 Å². The Labute approximate surface area is 125 Å². The lowest BCUT2D eigenvalue weighted by Gasteiger charge is -2.24. The van der Waals surface area contributed by atoms with Crippen LogP contribution >= 0.6 is 0 Å². The molecule has 1 aliphatic heterocycles. The highest BCUT2D eigenvalue weighted by Gasteiger charge is 2.14. The molecule has 5 nitrogen and oxygen atoms in total. The maximum atomic E-state index is 10.5. The van der Waals surface area contributed by atoms with Gasteiger partial charge in [0.25, 0.3) is 0 Å². The van der Waals surface area contributed by atoms with Gasteiger partial charge in [0.2, 0.25) is 6.79 Å². The normalized spacial score (nSPS) is 14.4. The summed E-state index contributed by atoms with van der Waals surface area (Å²) in [4.78, 5) is 12.7. The lowest BCUT2D eigenvalue weighted by Crippen LogP contribution is -2.30. The minimum atomic E-state index is -0.726. The number of carbonyl (C=O) groups is 1. The molecule has 5 heteroatoms. The summed E-state index contributed by atoms with van der Waals surface area (Å²) < 4.78 is 10.7. The highest BCUT2D eigenvalue weighted by Crippen LogP contribution is 2.32. The van der Waals surface area contributed by atoms with Gasteiger partial charge in [-0.3, -0.25) is 4.79 Å². The van der Waals surface area contributed by atoms with E-state index in [2.05, 4.69) is 17.9 Å². The second kappa shape index (κ2) is 7.31. The predicted molar refractivity (Wildman–Crippen MR) is 79.8 cm³/mol. The second-order valence-electron chi connectivity index (χ2n) is 5.55. The van der Waals surface area contributed by atoms with Crippen molar-refractivity contribution in [2.75, 3.05) is 20.4 Å². The number of benzene rings is 1. The van der Waals surface area contributed by atoms with E-state index in [1.54, 1.807) is 0 Å². The number of carboxylic acids is 1. The van der Waals surface area contributed by atoms with Crippen LogP contribution in [0.4, 0.5) is 0 Å². The average molecular weight is 293 g/mol. The fraction of sp³-hybridized carbons (Fsp3) is 0.562. The molecular weight excluding hydrogens is 270 g/mol. The maximum absolute atomic E-state index is 10.5. The SMILES string of the molecule is CC(CCc1ccc2c(c1)OCO2)N(C)CCCC(=O)O. The Balaban J connectivity index is 1.75. The lowest BCUT2D eigenvalue weighted by molar-refractivity contribution is -0.137. The van der Waals surface area contributed by atoms with Gasteiger partial charge in [-0.2, -0.15) is 0 Å². The first-order chi connectivity index (χ1) is 10.1. The van der Waals surface area contributed by atoms with Crippen LogP contribution < -0.4 is 9.47 Å². The molecule has 0 spiro atoms. The number of aryl methyl sites for hydroxylation is 1. The zero-order chi connectivity index (χ0) is 15.2. The number of ether oxygens (including phenoxy) is 2. The maximum Gasteiger partial charge on any atom is 0.303 e. The van der Waals surface area contributed by atoms with E-state index >= 15 is 0 Å². The van der Waals surface area contributed by atoms with Gasteiger partial charge in [0.05, 0.1) is 0 Å². The molecule has 0 radical (unpaired) electrons. The number of carboxylic acid groups (broad SMARTS) is 1. The topological polar surface area (TPSA) is 59.0 Å². The van der Waals surface area contributed by atoms with Crippen LogP contribution in [0.5, 0.6) is 11.5 Å². The molecule has 1 aliphatic rings. The summed E-state index contributed by atoms with van der Waals surface area (Å²) in [7, 11) is 2.05. The molecule has 0 saturated heterocycles. The third-order valence-corrected chi connectivity index (χ3v) is 3.94. The third kappa shape index (κ3) is 4.63. The van der Waals surface area contributed by atoms with Crippen molar-refractivity contribution in [1.82, 2.24) is 4.90 Å². The number of rotatable bonds is 8. The molecule has 0 amide bonds. The quantitative estimate of drug-likeness (QED) is 0.798. The molecule has 0 aromatic heterocycles. The molecule has 1 aromatic carbocycles. The van der Waals surface area contributed by atoms with Crippen molar-refractivity contribution < 1.29 is 19.4 Å². The Bertz CT molecular complexity index is 489. The molecule has 21 heavy (non-hydrogen) atoms. The van der Waals surface area contributed by atoms with E-state index in [0.717, 1.165) is 30.9 Å². The van der Waals surface area contributed by atoms with Crippen molar-refractivity contribution in [3.05, 3.63) is 23.8 Å². The number of hydrogen-bond acceptors (Lipinski definition) is 4. The minimum absolute atomic E-state index is 0.235. The largest absolute Gasteiger partial charge is 0.481 e. The number of hydrogen-bond donors (Lipinski definition) is 1. The van der Waals surface area contributed by atoms with Gasteiger partial charge in [-0.15, -0.1) is 0 Å².